The first-order valence-electron chi connectivity index (χ1n) is 5.30. The van der Waals surface area contributed by atoms with Gasteiger partial charge in [-0.2, -0.15) is 0 Å². The van der Waals surface area contributed by atoms with E-state index in [2.05, 4.69) is 21.2 Å². The molecule has 4 nitrogen and oxygen atoms in total. The lowest BCUT2D eigenvalue weighted by atomic mass is 10.2. The lowest BCUT2D eigenvalue weighted by molar-refractivity contribution is 0.0636. The van der Waals surface area contributed by atoms with Crippen molar-refractivity contribution in [2.45, 2.75) is 32.9 Å². The second kappa shape index (κ2) is 5.51. The topological polar surface area (TPSA) is 64.3 Å². The van der Waals surface area contributed by atoms with Crippen LogP contribution in [0.25, 0.3) is 0 Å². The van der Waals surface area contributed by atoms with Gasteiger partial charge < -0.3 is 10.5 Å². The number of carbonyl (C=O) groups is 1. The molecule has 0 fully saturated rings. The summed E-state index contributed by atoms with van der Waals surface area (Å²) in [6, 6.07) is 5.53. The van der Waals surface area contributed by atoms with Gasteiger partial charge in [0.15, 0.2) is 0 Å². The van der Waals surface area contributed by atoms with Crippen molar-refractivity contribution in [1.82, 2.24) is 0 Å². The van der Waals surface area contributed by atoms with Crippen LogP contribution in [-0.4, -0.2) is 11.7 Å². The highest BCUT2D eigenvalue weighted by atomic mass is 79.9. The van der Waals surface area contributed by atoms with Gasteiger partial charge in [-0.1, -0.05) is 22.0 Å². The van der Waals surface area contributed by atoms with Crippen LogP contribution < -0.4 is 11.1 Å². The Balaban J connectivity index is 2.80. The molecule has 94 valence electrons. The zero-order chi connectivity index (χ0) is 13.1. The van der Waals surface area contributed by atoms with Crippen molar-refractivity contribution in [3.8, 4) is 0 Å². The number of halogens is 1. The molecule has 3 N–H and O–H groups in total. The van der Waals surface area contributed by atoms with Crippen molar-refractivity contribution in [3.63, 3.8) is 0 Å². The first-order chi connectivity index (χ1) is 7.81. The molecular weight excluding hydrogens is 284 g/mol. The third-order valence-corrected chi connectivity index (χ3v) is 2.42. The molecule has 0 aliphatic rings. The van der Waals surface area contributed by atoms with Crippen molar-refractivity contribution < 1.29 is 9.53 Å². The van der Waals surface area contributed by atoms with Gasteiger partial charge in [0.1, 0.15) is 5.60 Å². The number of carbonyl (C=O) groups excluding carboxylic acids is 1. The largest absolute Gasteiger partial charge is 0.444 e. The van der Waals surface area contributed by atoms with Gasteiger partial charge in [-0.05, 0) is 38.5 Å². The van der Waals surface area contributed by atoms with E-state index in [4.69, 9.17) is 10.5 Å². The van der Waals surface area contributed by atoms with E-state index in [9.17, 15) is 4.79 Å². The Kier molecular flexibility index (Phi) is 4.54. The summed E-state index contributed by atoms with van der Waals surface area (Å²) in [6.07, 6.45) is -0.481. The highest BCUT2D eigenvalue weighted by Crippen LogP contribution is 2.22. The lowest BCUT2D eigenvalue weighted by Gasteiger charge is -2.20. The van der Waals surface area contributed by atoms with Gasteiger partial charge in [-0.3, -0.25) is 5.32 Å². The number of anilines is 1. The van der Waals surface area contributed by atoms with E-state index in [0.717, 1.165) is 10.0 Å². The van der Waals surface area contributed by atoms with Crippen molar-refractivity contribution in [3.05, 3.63) is 28.2 Å². The van der Waals surface area contributed by atoms with Crippen LogP contribution in [0, 0.1) is 0 Å². The Morgan fingerprint density at radius 2 is 2.12 bits per heavy atom. The molecule has 0 bridgehead atoms. The molecule has 17 heavy (non-hydrogen) atoms. The highest BCUT2D eigenvalue weighted by Gasteiger charge is 2.17. The molecule has 0 saturated heterocycles. The third-order valence-electron chi connectivity index (χ3n) is 1.93. The monoisotopic (exact) mass is 300 g/mol. The summed E-state index contributed by atoms with van der Waals surface area (Å²) >= 11 is 3.34. The minimum absolute atomic E-state index is 0.360. The summed E-state index contributed by atoms with van der Waals surface area (Å²) in [5.74, 6) is 0. The van der Waals surface area contributed by atoms with E-state index in [-0.39, 0.29) is 0 Å². The molecule has 1 aromatic carbocycles. The number of rotatable bonds is 2. The van der Waals surface area contributed by atoms with Crippen LogP contribution in [0.15, 0.2) is 22.7 Å². The molecule has 0 aliphatic heterocycles. The van der Waals surface area contributed by atoms with Gasteiger partial charge >= 0.3 is 6.09 Å². The number of nitrogens with one attached hydrogen (secondary N) is 1. The van der Waals surface area contributed by atoms with E-state index >= 15 is 0 Å². The van der Waals surface area contributed by atoms with Crippen molar-refractivity contribution >= 4 is 27.7 Å². The summed E-state index contributed by atoms with van der Waals surface area (Å²) in [4.78, 5) is 11.6. The van der Waals surface area contributed by atoms with Crippen molar-refractivity contribution in [1.29, 1.82) is 0 Å². The van der Waals surface area contributed by atoms with E-state index in [1.165, 1.54) is 0 Å². The second-order valence-corrected chi connectivity index (χ2v) is 5.55. The zero-order valence-electron chi connectivity index (χ0n) is 10.2. The minimum atomic E-state index is -0.515. The minimum Gasteiger partial charge on any atom is -0.444 e. The molecule has 0 heterocycles. The van der Waals surface area contributed by atoms with Crippen LogP contribution in [0.1, 0.15) is 26.3 Å². The number of hydrogen-bond acceptors (Lipinski definition) is 3. The maximum atomic E-state index is 11.6. The molecule has 0 spiro atoms. The SMILES string of the molecule is CC(C)(C)OC(=O)Nc1cc(Br)ccc1CN. The lowest BCUT2D eigenvalue weighted by Crippen LogP contribution is -2.27. The maximum Gasteiger partial charge on any atom is 0.412 e. The summed E-state index contributed by atoms with van der Waals surface area (Å²) in [5.41, 5.74) is 6.60. The number of ether oxygens (including phenoxy) is 1. The predicted octanol–water partition coefficient (Wildman–Crippen LogP) is 3.25. The van der Waals surface area contributed by atoms with Crippen molar-refractivity contribution in [2.24, 2.45) is 5.73 Å². The fourth-order valence-electron chi connectivity index (χ4n) is 1.26. The Bertz CT molecular complexity index is 413. The smallest absolute Gasteiger partial charge is 0.412 e. The van der Waals surface area contributed by atoms with Crippen LogP contribution in [-0.2, 0) is 11.3 Å². The number of hydrogen-bond donors (Lipinski definition) is 2. The van der Waals surface area contributed by atoms with Gasteiger partial charge in [-0.15, -0.1) is 0 Å². The Morgan fingerprint density at radius 1 is 1.47 bits per heavy atom. The molecule has 0 unspecified atom stereocenters. The normalized spacial score (nSPS) is 11.1. The van der Waals surface area contributed by atoms with Crippen LogP contribution in [0.2, 0.25) is 0 Å². The number of nitrogens with two attached hydrogens (primary N) is 1. The standard InChI is InChI=1S/C12H17BrN2O2/c1-12(2,3)17-11(16)15-10-6-9(13)5-4-8(10)7-14/h4-6H,7,14H2,1-3H3,(H,15,16). The zero-order valence-corrected chi connectivity index (χ0v) is 11.8. The molecule has 0 aromatic heterocycles. The van der Waals surface area contributed by atoms with Gasteiger partial charge in [0.2, 0.25) is 0 Å². The third kappa shape index (κ3) is 4.75. The predicted molar refractivity (Wildman–Crippen MR) is 71.9 cm³/mol. The summed E-state index contributed by atoms with van der Waals surface area (Å²) in [5, 5.41) is 2.69. The van der Waals surface area contributed by atoms with Crippen LogP contribution in [0.5, 0.6) is 0 Å². The van der Waals surface area contributed by atoms with Crippen LogP contribution in [0.3, 0.4) is 0 Å². The van der Waals surface area contributed by atoms with E-state index in [1.54, 1.807) is 6.07 Å². The Morgan fingerprint density at radius 3 is 2.65 bits per heavy atom. The molecule has 0 radical (unpaired) electrons. The van der Waals surface area contributed by atoms with Crippen molar-refractivity contribution in [2.75, 3.05) is 5.32 Å². The Labute approximate surface area is 110 Å². The Hall–Kier alpha value is -1.07. The van der Waals surface area contributed by atoms with E-state index in [0.29, 0.717) is 12.2 Å². The molecule has 1 rings (SSSR count). The molecule has 0 atom stereocenters. The average molecular weight is 301 g/mol. The quantitative estimate of drug-likeness (QED) is 0.881. The molecule has 0 saturated carbocycles. The summed E-state index contributed by atoms with van der Waals surface area (Å²) in [7, 11) is 0. The van der Waals surface area contributed by atoms with Gasteiger partial charge in [0.05, 0.1) is 0 Å². The summed E-state index contributed by atoms with van der Waals surface area (Å²) in [6.45, 7) is 5.81. The summed E-state index contributed by atoms with van der Waals surface area (Å²) < 4.78 is 6.05. The number of amides is 1. The highest BCUT2D eigenvalue weighted by molar-refractivity contribution is 9.10. The van der Waals surface area contributed by atoms with Gasteiger partial charge in [-0.25, -0.2) is 4.79 Å². The fourth-order valence-corrected chi connectivity index (χ4v) is 1.62. The van der Waals surface area contributed by atoms with E-state index in [1.807, 2.05) is 32.9 Å². The van der Waals surface area contributed by atoms with Crippen LogP contribution in [0.4, 0.5) is 10.5 Å². The average Bonchev–Trinajstić information content (AvgIpc) is 2.14. The fraction of sp³-hybridized carbons (Fsp3) is 0.417. The maximum absolute atomic E-state index is 11.6. The molecular formula is C12H17BrN2O2. The second-order valence-electron chi connectivity index (χ2n) is 4.63. The van der Waals surface area contributed by atoms with Gasteiger partial charge in [0, 0.05) is 16.7 Å². The first kappa shape index (κ1) is 14.0. The van der Waals surface area contributed by atoms with Crippen LogP contribution >= 0.6 is 15.9 Å². The molecule has 1 aromatic rings. The number of benzene rings is 1. The van der Waals surface area contributed by atoms with Gasteiger partial charge in [0.25, 0.3) is 0 Å². The molecule has 5 heteroatoms. The molecule has 1 amide bonds. The molecule has 0 aliphatic carbocycles. The van der Waals surface area contributed by atoms with E-state index < -0.39 is 11.7 Å². The first-order valence-corrected chi connectivity index (χ1v) is 6.09.